The van der Waals surface area contributed by atoms with E-state index in [1.165, 1.54) is 12.8 Å². The van der Waals surface area contributed by atoms with Crippen LogP contribution in [0.2, 0.25) is 0 Å². The van der Waals surface area contributed by atoms with Crippen molar-refractivity contribution >= 4 is 5.91 Å². The van der Waals surface area contributed by atoms with Crippen LogP contribution in [0.1, 0.15) is 33.1 Å². The Morgan fingerprint density at radius 2 is 2.18 bits per heavy atom. The van der Waals surface area contributed by atoms with Gasteiger partial charge in [-0.05, 0) is 32.1 Å². The van der Waals surface area contributed by atoms with Crippen LogP contribution in [0.5, 0.6) is 0 Å². The van der Waals surface area contributed by atoms with Crippen molar-refractivity contribution in [3.63, 3.8) is 0 Å². The van der Waals surface area contributed by atoms with Crippen molar-refractivity contribution in [2.24, 2.45) is 5.92 Å². The van der Waals surface area contributed by atoms with E-state index in [0.717, 1.165) is 38.5 Å². The first-order valence-corrected chi connectivity index (χ1v) is 6.75. The lowest BCUT2D eigenvalue weighted by Gasteiger charge is -2.39. The maximum atomic E-state index is 12.1. The molecule has 0 aromatic heterocycles. The molecule has 0 aromatic carbocycles. The van der Waals surface area contributed by atoms with Crippen LogP contribution < -0.4 is 5.32 Å². The van der Waals surface area contributed by atoms with E-state index < -0.39 is 0 Å². The molecular formula is C13H24N2O2. The third-order valence-corrected chi connectivity index (χ3v) is 3.56. The second kappa shape index (κ2) is 5.36. The van der Waals surface area contributed by atoms with Gasteiger partial charge in [-0.15, -0.1) is 0 Å². The number of nitrogens with one attached hydrogen (secondary N) is 1. The quantitative estimate of drug-likeness (QED) is 0.722. The third-order valence-electron chi connectivity index (χ3n) is 3.56. The van der Waals surface area contributed by atoms with Gasteiger partial charge in [-0.2, -0.15) is 0 Å². The molecule has 98 valence electrons. The zero-order valence-corrected chi connectivity index (χ0v) is 11.0. The lowest BCUT2D eigenvalue weighted by Crippen LogP contribution is -2.59. The monoisotopic (exact) mass is 240 g/mol. The van der Waals surface area contributed by atoms with Crippen LogP contribution in [0.4, 0.5) is 0 Å². The molecule has 0 radical (unpaired) electrons. The van der Waals surface area contributed by atoms with Crippen LogP contribution in [0.25, 0.3) is 0 Å². The average molecular weight is 240 g/mol. The fourth-order valence-electron chi connectivity index (χ4n) is 2.11. The fourth-order valence-corrected chi connectivity index (χ4v) is 2.11. The Bertz CT molecular complexity index is 273. The van der Waals surface area contributed by atoms with Gasteiger partial charge < -0.3 is 15.0 Å². The van der Waals surface area contributed by atoms with Crippen molar-refractivity contribution in [1.82, 2.24) is 10.2 Å². The van der Waals surface area contributed by atoms with Gasteiger partial charge in [-0.25, -0.2) is 0 Å². The number of hydrogen-bond acceptors (Lipinski definition) is 3. The Morgan fingerprint density at radius 1 is 1.47 bits per heavy atom. The van der Waals surface area contributed by atoms with E-state index in [1.54, 1.807) is 0 Å². The summed E-state index contributed by atoms with van der Waals surface area (Å²) >= 11 is 0. The van der Waals surface area contributed by atoms with Crippen LogP contribution in [-0.4, -0.2) is 49.2 Å². The summed E-state index contributed by atoms with van der Waals surface area (Å²) in [5.41, 5.74) is -0.118. The van der Waals surface area contributed by atoms with E-state index in [9.17, 15) is 4.79 Å². The van der Waals surface area contributed by atoms with E-state index in [-0.39, 0.29) is 18.1 Å². The molecule has 1 amide bonds. The van der Waals surface area contributed by atoms with Gasteiger partial charge in [0.05, 0.1) is 5.60 Å². The van der Waals surface area contributed by atoms with Crippen LogP contribution in [0.15, 0.2) is 0 Å². The first-order chi connectivity index (χ1) is 8.13. The van der Waals surface area contributed by atoms with E-state index in [1.807, 2.05) is 4.90 Å². The van der Waals surface area contributed by atoms with Crippen molar-refractivity contribution < 1.29 is 9.53 Å². The first kappa shape index (κ1) is 12.8. The highest BCUT2D eigenvalue weighted by Crippen LogP contribution is 2.29. The largest absolute Gasteiger partial charge is 0.363 e. The summed E-state index contributed by atoms with van der Waals surface area (Å²) in [6.07, 6.45) is 3.60. The lowest BCUT2D eigenvalue weighted by atomic mass is 10.0. The number of rotatable bonds is 7. The zero-order chi connectivity index (χ0) is 12.3. The lowest BCUT2D eigenvalue weighted by molar-refractivity contribution is -0.146. The topological polar surface area (TPSA) is 41.6 Å². The van der Waals surface area contributed by atoms with Crippen molar-refractivity contribution in [3.05, 3.63) is 0 Å². The minimum atomic E-state index is -0.118. The molecule has 1 aliphatic heterocycles. The number of ether oxygens (including phenoxy) is 1. The second-order valence-corrected chi connectivity index (χ2v) is 5.63. The smallest absolute Gasteiger partial charge is 0.248 e. The van der Waals surface area contributed by atoms with Gasteiger partial charge >= 0.3 is 0 Å². The molecule has 0 unspecified atom stereocenters. The summed E-state index contributed by atoms with van der Waals surface area (Å²) < 4.78 is 5.70. The van der Waals surface area contributed by atoms with Crippen LogP contribution >= 0.6 is 0 Å². The minimum absolute atomic E-state index is 0.118. The van der Waals surface area contributed by atoms with Crippen LogP contribution in [-0.2, 0) is 9.53 Å². The molecule has 1 saturated carbocycles. The summed E-state index contributed by atoms with van der Waals surface area (Å²) in [6.45, 7) is 7.93. The van der Waals surface area contributed by atoms with Crippen molar-refractivity contribution in [2.75, 3.05) is 32.8 Å². The minimum Gasteiger partial charge on any atom is -0.363 e. The summed E-state index contributed by atoms with van der Waals surface area (Å²) in [7, 11) is 0. The van der Waals surface area contributed by atoms with E-state index >= 15 is 0 Å². The molecule has 1 heterocycles. The van der Waals surface area contributed by atoms with Crippen LogP contribution in [0.3, 0.4) is 0 Å². The summed E-state index contributed by atoms with van der Waals surface area (Å²) in [5.74, 6) is 0.915. The fraction of sp³-hybridized carbons (Fsp3) is 0.923. The molecule has 2 aliphatic rings. The Kier molecular flexibility index (Phi) is 4.05. The summed E-state index contributed by atoms with van der Waals surface area (Å²) in [6, 6.07) is 0. The molecule has 1 aliphatic carbocycles. The Labute approximate surface area is 104 Å². The Morgan fingerprint density at radius 3 is 2.65 bits per heavy atom. The number of amides is 1. The van der Waals surface area contributed by atoms with Crippen molar-refractivity contribution in [1.29, 1.82) is 0 Å². The molecule has 0 spiro atoms. The van der Waals surface area contributed by atoms with E-state index in [4.69, 9.17) is 4.74 Å². The SMILES string of the molecule is CCCN(CC1CC1)C(=O)COC1(C)CNC1. The number of carbonyl (C=O) groups excluding carboxylic acids is 1. The maximum absolute atomic E-state index is 12.1. The van der Waals surface area contributed by atoms with E-state index in [2.05, 4.69) is 19.2 Å². The van der Waals surface area contributed by atoms with Gasteiger partial charge in [-0.1, -0.05) is 6.92 Å². The highest BCUT2D eigenvalue weighted by Gasteiger charge is 2.34. The molecule has 4 nitrogen and oxygen atoms in total. The standard InChI is InChI=1S/C13H24N2O2/c1-3-6-15(7-11-4-5-11)12(16)8-17-13(2)9-14-10-13/h11,14H,3-10H2,1-2H3. The first-order valence-electron chi connectivity index (χ1n) is 6.75. The van der Waals surface area contributed by atoms with Crippen LogP contribution in [0, 0.1) is 5.92 Å². The van der Waals surface area contributed by atoms with Gasteiger partial charge in [-0.3, -0.25) is 4.79 Å². The predicted molar refractivity (Wildman–Crippen MR) is 66.8 cm³/mol. The Balaban J connectivity index is 1.74. The average Bonchev–Trinajstić information content (AvgIpc) is 3.06. The zero-order valence-electron chi connectivity index (χ0n) is 11.0. The molecule has 1 N–H and O–H groups in total. The molecule has 17 heavy (non-hydrogen) atoms. The van der Waals surface area contributed by atoms with Crippen molar-refractivity contribution in [2.45, 2.75) is 38.7 Å². The second-order valence-electron chi connectivity index (χ2n) is 5.63. The molecule has 0 bridgehead atoms. The maximum Gasteiger partial charge on any atom is 0.248 e. The van der Waals surface area contributed by atoms with E-state index in [0.29, 0.717) is 0 Å². The molecule has 0 atom stereocenters. The Hall–Kier alpha value is -0.610. The summed E-state index contributed by atoms with van der Waals surface area (Å²) in [5, 5.41) is 3.17. The van der Waals surface area contributed by atoms with Gasteiger partial charge in [0.15, 0.2) is 0 Å². The third kappa shape index (κ3) is 3.68. The molecule has 4 heteroatoms. The van der Waals surface area contributed by atoms with Gasteiger partial charge in [0, 0.05) is 26.2 Å². The highest BCUT2D eigenvalue weighted by atomic mass is 16.5. The normalized spacial score (nSPS) is 22.0. The molecule has 2 fully saturated rings. The summed E-state index contributed by atoms with van der Waals surface area (Å²) in [4.78, 5) is 14.0. The molecule has 2 rings (SSSR count). The van der Waals surface area contributed by atoms with Crippen molar-refractivity contribution in [3.8, 4) is 0 Å². The highest BCUT2D eigenvalue weighted by molar-refractivity contribution is 5.77. The molecule has 0 aromatic rings. The van der Waals surface area contributed by atoms with Gasteiger partial charge in [0.25, 0.3) is 0 Å². The molecule has 1 saturated heterocycles. The number of nitrogens with zero attached hydrogens (tertiary/aromatic N) is 1. The van der Waals surface area contributed by atoms with Gasteiger partial charge in [0.1, 0.15) is 6.61 Å². The number of carbonyl (C=O) groups is 1. The number of hydrogen-bond donors (Lipinski definition) is 1. The van der Waals surface area contributed by atoms with Gasteiger partial charge in [0.2, 0.25) is 5.91 Å². The predicted octanol–water partition coefficient (Wildman–Crippen LogP) is 1.01. The molecular weight excluding hydrogens is 216 g/mol.